The lowest BCUT2D eigenvalue weighted by atomic mass is 9.96. The number of carbonyl (C=O) groups excluding carboxylic acids is 1. The number of benzene rings is 1. The molecule has 0 heterocycles. The largest absolute Gasteiger partial charge is 0.478 e. The van der Waals surface area contributed by atoms with Crippen LogP contribution in [0, 0.1) is 0 Å². The molecule has 1 aliphatic carbocycles. The summed E-state index contributed by atoms with van der Waals surface area (Å²) >= 11 is 5.85. The zero-order chi connectivity index (χ0) is 14.5. The molecular formula is C14H17ClN2O3. The number of anilines is 1. The zero-order valence-corrected chi connectivity index (χ0v) is 11.7. The van der Waals surface area contributed by atoms with E-state index in [2.05, 4.69) is 10.6 Å². The van der Waals surface area contributed by atoms with Gasteiger partial charge in [-0.25, -0.2) is 9.59 Å². The Balaban J connectivity index is 2.04. The monoisotopic (exact) mass is 296 g/mol. The molecule has 5 nitrogen and oxygen atoms in total. The Morgan fingerprint density at radius 3 is 2.55 bits per heavy atom. The lowest BCUT2D eigenvalue weighted by Crippen LogP contribution is -2.39. The number of carboxylic acids is 1. The first-order valence-corrected chi connectivity index (χ1v) is 7.05. The third kappa shape index (κ3) is 3.63. The first-order valence-electron chi connectivity index (χ1n) is 6.67. The van der Waals surface area contributed by atoms with Gasteiger partial charge in [-0.15, -0.1) is 0 Å². The van der Waals surface area contributed by atoms with Crippen molar-refractivity contribution in [3.8, 4) is 0 Å². The van der Waals surface area contributed by atoms with E-state index in [0.717, 1.165) is 25.7 Å². The summed E-state index contributed by atoms with van der Waals surface area (Å²) in [5, 5.41) is 14.7. The van der Waals surface area contributed by atoms with E-state index >= 15 is 0 Å². The molecule has 0 spiro atoms. The lowest BCUT2D eigenvalue weighted by molar-refractivity contribution is 0.0698. The first kappa shape index (κ1) is 14.7. The molecule has 1 aromatic carbocycles. The van der Waals surface area contributed by atoms with Gasteiger partial charge in [0.25, 0.3) is 0 Å². The van der Waals surface area contributed by atoms with Gasteiger partial charge >= 0.3 is 12.0 Å². The van der Waals surface area contributed by atoms with Gasteiger partial charge in [0.2, 0.25) is 0 Å². The second-order valence-electron chi connectivity index (χ2n) is 4.90. The molecule has 0 aliphatic heterocycles. The van der Waals surface area contributed by atoms with Gasteiger partial charge < -0.3 is 15.7 Å². The fourth-order valence-electron chi connectivity index (χ4n) is 2.44. The molecule has 0 saturated heterocycles. The van der Waals surface area contributed by atoms with Gasteiger partial charge in [0.15, 0.2) is 0 Å². The second kappa shape index (κ2) is 6.61. The molecule has 1 saturated carbocycles. The quantitative estimate of drug-likeness (QED) is 0.799. The third-order valence-electron chi connectivity index (χ3n) is 3.42. The van der Waals surface area contributed by atoms with Gasteiger partial charge in [0.1, 0.15) is 5.56 Å². The van der Waals surface area contributed by atoms with E-state index in [1.165, 1.54) is 18.6 Å². The summed E-state index contributed by atoms with van der Waals surface area (Å²) in [5.74, 6) is -1.16. The van der Waals surface area contributed by atoms with Crippen LogP contribution in [0.15, 0.2) is 18.2 Å². The maximum atomic E-state index is 11.9. The number of aromatic carboxylic acids is 1. The summed E-state index contributed by atoms with van der Waals surface area (Å²) in [4.78, 5) is 23.1. The van der Waals surface area contributed by atoms with Gasteiger partial charge in [-0.2, -0.15) is 0 Å². The van der Waals surface area contributed by atoms with E-state index < -0.39 is 5.97 Å². The Hall–Kier alpha value is -1.75. The van der Waals surface area contributed by atoms with Gasteiger partial charge in [0, 0.05) is 6.04 Å². The summed E-state index contributed by atoms with van der Waals surface area (Å²) in [5.41, 5.74) is 0.117. The molecule has 1 aliphatic rings. The molecule has 1 fully saturated rings. The van der Waals surface area contributed by atoms with Crippen molar-refractivity contribution in [2.45, 2.75) is 38.1 Å². The molecular weight excluding hydrogens is 280 g/mol. The molecule has 0 radical (unpaired) electrons. The Labute approximate surface area is 122 Å². The minimum atomic E-state index is -1.16. The van der Waals surface area contributed by atoms with Crippen molar-refractivity contribution in [1.82, 2.24) is 5.32 Å². The van der Waals surface area contributed by atoms with Crippen LogP contribution in [0.2, 0.25) is 5.02 Å². The normalized spacial score (nSPS) is 15.7. The molecule has 0 unspecified atom stereocenters. The van der Waals surface area contributed by atoms with E-state index in [-0.39, 0.29) is 28.3 Å². The van der Waals surface area contributed by atoms with E-state index in [1.54, 1.807) is 6.07 Å². The average Bonchev–Trinajstić information content (AvgIpc) is 2.39. The van der Waals surface area contributed by atoms with Crippen LogP contribution in [0.3, 0.4) is 0 Å². The van der Waals surface area contributed by atoms with Crippen LogP contribution in [0.25, 0.3) is 0 Å². The minimum Gasteiger partial charge on any atom is -0.478 e. The maximum Gasteiger partial charge on any atom is 0.339 e. The number of halogens is 1. The minimum absolute atomic E-state index is 0.0899. The summed E-state index contributed by atoms with van der Waals surface area (Å²) < 4.78 is 0. The highest BCUT2D eigenvalue weighted by molar-refractivity contribution is 6.34. The molecule has 0 atom stereocenters. The zero-order valence-electron chi connectivity index (χ0n) is 11.0. The Morgan fingerprint density at radius 2 is 1.90 bits per heavy atom. The smallest absolute Gasteiger partial charge is 0.339 e. The van der Waals surface area contributed by atoms with E-state index in [1.807, 2.05) is 0 Å². The van der Waals surface area contributed by atoms with E-state index in [0.29, 0.717) is 0 Å². The van der Waals surface area contributed by atoms with E-state index in [4.69, 9.17) is 16.7 Å². The molecule has 108 valence electrons. The molecule has 20 heavy (non-hydrogen) atoms. The third-order valence-corrected chi connectivity index (χ3v) is 3.73. The fourth-order valence-corrected chi connectivity index (χ4v) is 2.69. The number of carbonyl (C=O) groups is 2. The molecule has 0 bridgehead atoms. The van der Waals surface area contributed by atoms with Crippen molar-refractivity contribution in [3.63, 3.8) is 0 Å². The standard InChI is InChI=1S/C14H17ClN2O3/c15-10-7-4-8-11(12(10)13(18)19)17-14(20)16-9-5-2-1-3-6-9/h4,7-9H,1-3,5-6H2,(H,18,19)(H2,16,17,20). The Kier molecular flexibility index (Phi) is 4.84. The van der Waals surface area contributed by atoms with E-state index in [9.17, 15) is 9.59 Å². The lowest BCUT2D eigenvalue weighted by Gasteiger charge is -2.23. The summed E-state index contributed by atoms with van der Waals surface area (Å²) in [6, 6.07) is 4.38. The summed E-state index contributed by atoms with van der Waals surface area (Å²) in [7, 11) is 0. The highest BCUT2D eigenvalue weighted by atomic mass is 35.5. The fraction of sp³-hybridized carbons (Fsp3) is 0.429. The number of nitrogens with one attached hydrogen (secondary N) is 2. The van der Waals surface area contributed by atoms with Crippen LogP contribution < -0.4 is 10.6 Å². The van der Waals surface area contributed by atoms with Crippen molar-refractivity contribution < 1.29 is 14.7 Å². The van der Waals surface area contributed by atoms with Crippen molar-refractivity contribution in [3.05, 3.63) is 28.8 Å². The van der Waals surface area contributed by atoms with Gasteiger partial charge in [0.05, 0.1) is 10.7 Å². The van der Waals surface area contributed by atoms with Crippen molar-refractivity contribution in [1.29, 1.82) is 0 Å². The van der Waals surface area contributed by atoms with Crippen LogP contribution in [0.5, 0.6) is 0 Å². The molecule has 1 aromatic rings. The van der Waals surface area contributed by atoms with Gasteiger partial charge in [-0.3, -0.25) is 0 Å². The highest BCUT2D eigenvalue weighted by Crippen LogP contribution is 2.24. The number of hydrogen-bond donors (Lipinski definition) is 3. The molecule has 3 N–H and O–H groups in total. The van der Waals surface area contributed by atoms with Gasteiger partial charge in [-0.1, -0.05) is 36.9 Å². The number of rotatable bonds is 3. The molecule has 2 rings (SSSR count). The second-order valence-corrected chi connectivity index (χ2v) is 5.31. The Morgan fingerprint density at radius 1 is 1.20 bits per heavy atom. The summed E-state index contributed by atoms with van der Waals surface area (Å²) in [6.07, 6.45) is 5.37. The number of urea groups is 1. The van der Waals surface area contributed by atoms with Crippen LogP contribution in [-0.4, -0.2) is 23.1 Å². The van der Waals surface area contributed by atoms with Crippen LogP contribution in [0.4, 0.5) is 10.5 Å². The SMILES string of the molecule is O=C(Nc1cccc(Cl)c1C(=O)O)NC1CCCCC1. The van der Waals surface area contributed by atoms with Gasteiger partial charge in [-0.05, 0) is 25.0 Å². The maximum absolute atomic E-state index is 11.9. The van der Waals surface area contributed by atoms with Crippen molar-refractivity contribution in [2.24, 2.45) is 0 Å². The number of amides is 2. The van der Waals surface area contributed by atoms with Crippen molar-refractivity contribution in [2.75, 3.05) is 5.32 Å². The first-order chi connectivity index (χ1) is 9.58. The highest BCUT2D eigenvalue weighted by Gasteiger charge is 2.19. The molecule has 2 amide bonds. The average molecular weight is 297 g/mol. The van der Waals surface area contributed by atoms with Crippen LogP contribution in [0.1, 0.15) is 42.5 Å². The molecule has 6 heteroatoms. The molecule has 0 aromatic heterocycles. The number of carboxylic acid groups (broad SMARTS) is 1. The topological polar surface area (TPSA) is 78.4 Å². The summed E-state index contributed by atoms with van der Waals surface area (Å²) in [6.45, 7) is 0. The Bertz CT molecular complexity index is 513. The number of hydrogen-bond acceptors (Lipinski definition) is 2. The predicted molar refractivity (Wildman–Crippen MR) is 77.4 cm³/mol. The predicted octanol–water partition coefficient (Wildman–Crippen LogP) is 3.49. The van der Waals surface area contributed by atoms with Crippen LogP contribution in [-0.2, 0) is 0 Å². The van der Waals surface area contributed by atoms with Crippen molar-refractivity contribution >= 4 is 29.3 Å². The van der Waals surface area contributed by atoms with Crippen LogP contribution >= 0.6 is 11.6 Å².